The lowest BCUT2D eigenvalue weighted by molar-refractivity contribution is 0.0930. The van der Waals surface area contributed by atoms with Gasteiger partial charge in [0, 0.05) is 32.4 Å². The number of aromatic nitrogens is 2. The highest BCUT2D eigenvalue weighted by molar-refractivity contribution is 5.97. The maximum Gasteiger partial charge on any atom is 0.255 e. The van der Waals surface area contributed by atoms with E-state index in [1.807, 2.05) is 19.4 Å². The van der Waals surface area contributed by atoms with Crippen LogP contribution < -0.4 is 10.2 Å². The topological polar surface area (TPSA) is 70.4 Å². The third-order valence-electron chi connectivity index (χ3n) is 4.30. The van der Waals surface area contributed by atoms with Gasteiger partial charge in [-0.25, -0.2) is 0 Å². The summed E-state index contributed by atoms with van der Waals surface area (Å²) in [6, 6.07) is 5.29. The molecule has 2 N–H and O–H groups in total. The van der Waals surface area contributed by atoms with E-state index in [9.17, 15) is 9.90 Å². The number of nitrogens with one attached hydrogen (secondary N) is 1. The number of aryl methyl sites for hydroxylation is 2. The molecule has 1 aromatic carbocycles. The zero-order valence-electron chi connectivity index (χ0n) is 13.5. The second-order valence-electron chi connectivity index (χ2n) is 6.10. The molecule has 1 unspecified atom stereocenters. The molecule has 0 spiro atoms. The number of nitrogens with zero attached hydrogens (tertiary/aromatic N) is 3. The fourth-order valence-electron chi connectivity index (χ4n) is 3.01. The number of carbonyl (C=O) groups excluding carboxylic acids is 1. The number of piperidine rings is 1. The summed E-state index contributed by atoms with van der Waals surface area (Å²) in [5.74, 6) is -0.158. The fourth-order valence-corrected chi connectivity index (χ4v) is 3.01. The van der Waals surface area contributed by atoms with Crippen LogP contribution in [0, 0.1) is 6.92 Å². The average Bonchev–Trinajstić information content (AvgIpc) is 2.97. The Morgan fingerprint density at radius 3 is 3.00 bits per heavy atom. The quantitative estimate of drug-likeness (QED) is 0.907. The van der Waals surface area contributed by atoms with E-state index in [0.717, 1.165) is 31.6 Å². The molecule has 122 valence electrons. The van der Waals surface area contributed by atoms with Crippen LogP contribution >= 0.6 is 0 Å². The fraction of sp³-hybridized carbons (Fsp3) is 0.412. The first kappa shape index (κ1) is 15.4. The van der Waals surface area contributed by atoms with Crippen molar-refractivity contribution in [1.29, 1.82) is 0 Å². The van der Waals surface area contributed by atoms with Gasteiger partial charge in [0.05, 0.1) is 17.4 Å². The van der Waals surface area contributed by atoms with Crippen molar-refractivity contribution in [2.24, 2.45) is 7.05 Å². The molecule has 1 fully saturated rings. The number of amides is 1. The van der Waals surface area contributed by atoms with Crippen molar-refractivity contribution in [3.63, 3.8) is 0 Å². The van der Waals surface area contributed by atoms with Crippen LogP contribution in [-0.4, -0.2) is 39.9 Å². The highest BCUT2D eigenvalue weighted by atomic mass is 16.3. The van der Waals surface area contributed by atoms with Crippen molar-refractivity contribution in [2.75, 3.05) is 18.0 Å². The molecular weight excluding hydrogens is 292 g/mol. The number of benzene rings is 1. The molecule has 1 amide bonds. The molecule has 1 saturated heterocycles. The summed E-state index contributed by atoms with van der Waals surface area (Å²) >= 11 is 0. The van der Waals surface area contributed by atoms with Crippen LogP contribution in [0.15, 0.2) is 30.6 Å². The molecule has 3 rings (SSSR count). The van der Waals surface area contributed by atoms with Crippen molar-refractivity contribution in [3.8, 4) is 5.75 Å². The van der Waals surface area contributed by atoms with Crippen LogP contribution in [0.4, 0.5) is 5.69 Å². The van der Waals surface area contributed by atoms with Crippen molar-refractivity contribution in [3.05, 3.63) is 41.7 Å². The Bertz CT molecular complexity index is 710. The van der Waals surface area contributed by atoms with Crippen molar-refractivity contribution >= 4 is 11.6 Å². The average molecular weight is 314 g/mol. The number of carbonyl (C=O) groups is 1. The van der Waals surface area contributed by atoms with Crippen LogP contribution in [0.2, 0.25) is 0 Å². The van der Waals surface area contributed by atoms with Crippen LogP contribution in [0.5, 0.6) is 5.75 Å². The second-order valence-corrected chi connectivity index (χ2v) is 6.10. The summed E-state index contributed by atoms with van der Waals surface area (Å²) in [4.78, 5) is 14.7. The monoisotopic (exact) mass is 314 g/mol. The molecule has 6 heteroatoms. The molecular formula is C17H22N4O2. The highest BCUT2D eigenvalue weighted by Gasteiger charge is 2.23. The summed E-state index contributed by atoms with van der Waals surface area (Å²) in [5, 5.41) is 17.3. The zero-order chi connectivity index (χ0) is 16.4. The van der Waals surface area contributed by atoms with E-state index in [1.165, 1.54) is 0 Å². The van der Waals surface area contributed by atoms with E-state index in [-0.39, 0.29) is 17.7 Å². The molecule has 1 aliphatic rings. The van der Waals surface area contributed by atoms with Gasteiger partial charge in [0.1, 0.15) is 5.75 Å². The molecule has 2 heterocycles. The minimum atomic E-state index is -0.218. The van der Waals surface area contributed by atoms with E-state index in [1.54, 1.807) is 29.8 Å². The number of para-hydroxylation sites is 1. The van der Waals surface area contributed by atoms with Crippen molar-refractivity contribution in [1.82, 2.24) is 15.1 Å². The van der Waals surface area contributed by atoms with Crippen LogP contribution in [0.3, 0.4) is 0 Å². The van der Waals surface area contributed by atoms with Crippen LogP contribution in [0.25, 0.3) is 0 Å². The van der Waals surface area contributed by atoms with E-state index < -0.39 is 0 Å². The first-order chi connectivity index (χ1) is 11.0. The van der Waals surface area contributed by atoms with Gasteiger partial charge in [-0.3, -0.25) is 9.48 Å². The summed E-state index contributed by atoms with van der Waals surface area (Å²) in [6.45, 7) is 3.51. The van der Waals surface area contributed by atoms with E-state index in [2.05, 4.69) is 15.3 Å². The minimum absolute atomic E-state index is 0.0601. The van der Waals surface area contributed by atoms with Gasteiger partial charge in [-0.15, -0.1) is 0 Å². The van der Waals surface area contributed by atoms with Gasteiger partial charge in [-0.05, 0) is 31.4 Å². The first-order valence-electron chi connectivity index (χ1n) is 7.87. The maximum absolute atomic E-state index is 12.4. The third-order valence-corrected chi connectivity index (χ3v) is 4.30. The Balaban J connectivity index is 1.67. The summed E-state index contributed by atoms with van der Waals surface area (Å²) < 4.78 is 1.78. The Labute approximate surface area is 135 Å². The molecule has 0 bridgehead atoms. The number of phenolic OH excluding ortho intramolecular Hbond substituents is 1. The van der Waals surface area contributed by atoms with Crippen LogP contribution in [0.1, 0.15) is 28.8 Å². The lowest BCUT2D eigenvalue weighted by Gasteiger charge is -2.33. The predicted octanol–water partition coefficient (Wildman–Crippen LogP) is 1.83. The maximum atomic E-state index is 12.4. The number of rotatable bonds is 3. The number of phenols is 1. The van der Waals surface area contributed by atoms with Crippen LogP contribution in [-0.2, 0) is 7.05 Å². The van der Waals surface area contributed by atoms with Gasteiger partial charge in [-0.1, -0.05) is 12.1 Å². The highest BCUT2D eigenvalue weighted by Crippen LogP contribution is 2.23. The largest absolute Gasteiger partial charge is 0.507 e. The minimum Gasteiger partial charge on any atom is -0.507 e. The number of hydrogen-bond donors (Lipinski definition) is 2. The normalized spacial score (nSPS) is 18.0. The van der Waals surface area contributed by atoms with Gasteiger partial charge in [0.25, 0.3) is 5.91 Å². The molecule has 0 saturated carbocycles. The Morgan fingerprint density at radius 2 is 2.26 bits per heavy atom. The Hall–Kier alpha value is -2.50. The van der Waals surface area contributed by atoms with Gasteiger partial charge in [0.15, 0.2) is 0 Å². The van der Waals surface area contributed by atoms with Gasteiger partial charge < -0.3 is 15.3 Å². The van der Waals surface area contributed by atoms with E-state index in [0.29, 0.717) is 11.1 Å². The van der Waals surface area contributed by atoms with E-state index >= 15 is 0 Å². The molecule has 1 atom stereocenters. The van der Waals surface area contributed by atoms with Gasteiger partial charge >= 0.3 is 0 Å². The predicted molar refractivity (Wildman–Crippen MR) is 88.8 cm³/mol. The molecule has 0 radical (unpaired) electrons. The van der Waals surface area contributed by atoms with Gasteiger partial charge in [-0.2, -0.15) is 5.10 Å². The zero-order valence-corrected chi connectivity index (χ0v) is 13.5. The lowest BCUT2D eigenvalue weighted by Crippen LogP contribution is -2.47. The Kier molecular flexibility index (Phi) is 4.23. The molecule has 23 heavy (non-hydrogen) atoms. The number of anilines is 1. The van der Waals surface area contributed by atoms with E-state index in [4.69, 9.17) is 0 Å². The SMILES string of the molecule is Cc1cccc(C(=O)NC2CCCN(c3cnn(C)c3)C2)c1O. The summed E-state index contributed by atoms with van der Waals surface area (Å²) in [5.41, 5.74) is 2.12. The van der Waals surface area contributed by atoms with Crippen molar-refractivity contribution < 1.29 is 9.90 Å². The number of hydrogen-bond acceptors (Lipinski definition) is 4. The summed E-state index contributed by atoms with van der Waals surface area (Å²) in [7, 11) is 1.90. The standard InChI is InChI=1S/C17H22N4O2/c1-12-5-3-7-15(16(12)22)17(23)19-13-6-4-8-21(10-13)14-9-18-20(2)11-14/h3,5,7,9,11,13,22H,4,6,8,10H2,1-2H3,(H,19,23). The smallest absolute Gasteiger partial charge is 0.255 e. The lowest BCUT2D eigenvalue weighted by atomic mass is 10.0. The first-order valence-corrected chi connectivity index (χ1v) is 7.87. The molecule has 0 aliphatic carbocycles. The molecule has 2 aromatic rings. The van der Waals surface area contributed by atoms with Crippen molar-refractivity contribution in [2.45, 2.75) is 25.8 Å². The van der Waals surface area contributed by atoms with Gasteiger partial charge in [0.2, 0.25) is 0 Å². The summed E-state index contributed by atoms with van der Waals surface area (Å²) in [6.07, 6.45) is 5.78. The molecule has 1 aromatic heterocycles. The second kappa shape index (κ2) is 6.32. The molecule has 1 aliphatic heterocycles. The third kappa shape index (κ3) is 3.31. The molecule has 6 nitrogen and oxygen atoms in total. The Morgan fingerprint density at radius 1 is 1.43 bits per heavy atom. The number of aromatic hydroxyl groups is 1.